The van der Waals surface area contributed by atoms with Crippen molar-refractivity contribution in [3.8, 4) is 0 Å². The highest BCUT2D eigenvalue weighted by atomic mass is 16.7. The number of epoxide rings is 1. The van der Waals surface area contributed by atoms with Gasteiger partial charge in [0.2, 0.25) is 0 Å². The first-order valence-corrected chi connectivity index (χ1v) is 7.51. The van der Waals surface area contributed by atoms with Gasteiger partial charge < -0.3 is 18.8 Å². The molecule has 0 saturated carbocycles. The fourth-order valence-corrected chi connectivity index (χ4v) is 2.22. The molecule has 2 heterocycles. The van der Waals surface area contributed by atoms with Gasteiger partial charge in [-0.2, -0.15) is 0 Å². The van der Waals surface area contributed by atoms with Crippen LogP contribution < -0.4 is 5.46 Å². The van der Waals surface area contributed by atoms with Crippen molar-refractivity contribution in [3.63, 3.8) is 0 Å². The lowest BCUT2D eigenvalue weighted by atomic mass is 9.79. The maximum absolute atomic E-state index is 6.04. The minimum Gasteiger partial charge on any atom is -0.399 e. The first kappa shape index (κ1) is 15.0. The van der Waals surface area contributed by atoms with Gasteiger partial charge in [-0.1, -0.05) is 24.3 Å². The van der Waals surface area contributed by atoms with Crippen LogP contribution in [0.2, 0.25) is 0 Å². The summed E-state index contributed by atoms with van der Waals surface area (Å²) in [5.74, 6) is 0. The Balaban J connectivity index is 1.59. The molecule has 1 aromatic rings. The van der Waals surface area contributed by atoms with E-state index >= 15 is 0 Å². The molecular weight excluding hydrogens is 267 g/mol. The SMILES string of the molecule is CC1(C)OB(c2ccc(COCC3CO3)cc2)OC1(C)C. The second kappa shape index (κ2) is 5.40. The molecule has 21 heavy (non-hydrogen) atoms. The standard InChI is InChI=1S/C16H23BO4/c1-15(2)16(3,4)21-17(20-15)13-7-5-12(6-8-13)9-18-10-14-11-19-14/h5-8,14H,9-11H2,1-4H3. The molecule has 4 nitrogen and oxygen atoms in total. The number of rotatable bonds is 5. The number of hydrogen-bond donors (Lipinski definition) is 0. The molecule has 1 atom stereocenters. The van der Waals surface area contributed by atoms with Crippen LogP contribution in [0.1, 0.15) is 33.3 Å². The monoisotopic (exact) mass is 290 g/mol. The Hall–Kier alpha value is -0.875. The number of ether oxygens (including phenoxy) is 2. The smallest absolute Gasteiger partial charge is 0.399 e. The van der Waals surface area contributed by atoms with Crippen LogP contribution >= 0.6 is 0 Å². The molecule has 2 saturated heterocycles. The second-order valence-electron chi connectivity index (χ2n) is 6.80. The van der Waals surface area contributed by atoms with E-state index in [2.05, 4.69) is 52.0 Å². The molecule has 114 valence electrons. The molecule has 0 amide bonds. The molecule has 0 N–H and O–H groups in total. The molecule has 2 aliphatic heterocycles. The summed E-state index contributed by atoms with van der Waals surface area (Å²) < 4.78 is 22.8. The van der Waals surface area contributed by atoms with Crippen LogP contribution in [0.4, 0.5) is 0 Å². The molecule has 0 aliphatic carbocycles. The molecule has 0 bridgehead atoms. The van der Waals surface area contributed by atoms with Gasteiger partial charge in [-0.05, 0) is 38.7 Å². The quantitative estimate of drug-likeness (QED) is 0.613. The Morgan fingerprint density at radius 1 is 1.10 bits per heavy atom. The Morgan fingerprint density at radius 2 is 1.67 bits per heavy atom. The lowest BCUT2D eigenvalue weighted by Gasteiger charge is -2.32. The third kappa shape index (κ3) is 3.32. The summed E-state index contributed by atoms with van der Waals surface area (Å²) in [5, 5.41) is 0. The lowest BCUT2D eigenvalue weighted by Crippen LogP contribution is -2.41. The number of hydrogen-bond acceptors (Lipinski definition) is 4. The van der Waals surface area contributed by atoms with Gasteiger partial charge in [0.1, 0.15) is 6.10 Å². The summed E-state index contributed by atoms with van der Waals surface area (Å²) in [6.45, 7) is 10.4. The van der Waals surface area contributed by atoms with Crippen LogP contribution in [0.3, 0.4) is 0 Å². The normalized spacial score (nSPS) is 26.1. The van der Waals surface area contributed by atoms with Crippen molar-refractivity contribution < 1.29 is 18.8 Å². The van der Waals surface area contributed by atoms with Crippen molar-refractivity contribution in [2.24, 2.45) is 0 Å². The summed E-state index contributed by atoms with van der Waals surface area (Å²) in [5.41, 5.74) is 1.59. The van der Waals surface area contributed by atoms with Gasteiger partial charge in [0, 0.05) is 0 Å². The van der Waals surface area contributed by atoms with E-state index in [4.69, 9.17) is 18.8 Å². The van der Waals surface area contributed by atoms with Crippen LogP contribution in [0, 0.1) is 0 Å². The van der Waals surface area contributed by atoms with E-state index in [1.165, 1.54) is 0 Å². The summed E-state index contributed by atoms with van der Waals surface area (Å²) in [6.07, 6.45) is 0.314. The van der Waals surface area contributed by atoms with Gasteiger partial charge >= 0.3 is 7.12 Å². The van der Waals surface area contributed by atoms with E-state index in [1.54, 1.807) is 0 Å². The summed E-state index contributed by atoms with van der Waals surface area (Å²) in [4.78, 5) is 0. The average molecular weight is 290 g/mol. The van der Waals surface area contributed by atoms with E-state index in [9.17, 15) is 0 Å². The molecular formula is C16H23BO4. The van der Waals surface area contributed by atoms with E-state index in [0.29, 0.717) is 19.3 Å². The molecule has 0 aromatic heterocycles. The summed E-state index contributed by atoms with van der Waals surface area (Å²) in [6, 6.07) is 8.23. The number of benzene rings is 1. The Bertz CT molecular complexity index is 478. The van der Waals surface area contributed by atoms with Crippen molar-refractivity contribution in [3.05, 3.63) is 29.8 Å². The van der Waals surface area contributed by atoms with Gasteiger partial charge in [0.05, 0.1) is 31.0 Å². The molecule has 3 rings (SSSR count). The maximum atomic E-state index is 6.04. The Kier molecular flexibility index (Phi) is 3.86. The van der Waals surface area contributed by atoms with Crippen molar-refractivity contribution in [2.75, 3.05) is 13.2 Å². The van der Waals surface area contributed by atoms with Crippen LogP contribution in [0.25, 0.3) is 0 Å². The first-order valence-electron chi connectivity index (χ1n) is 7.51. The highest BCUT2D eigenvalue weighted by Gasteiger charge is 2.51. The summed E-state index contributed by atoms with van der Waals surface area (Å²) >= 11 is 0. The van der Waals surface area contributed by atoms with Gasteiger partial charge in [-0.15, -0.1) is 0 Å². The fourth-order valence-electron chi connectivity index (χ4n) is 2.22. The molecule has 5 heteroatoms. The van der Waals surface area contributed by atoms with E-state index in [-0.39, 0.29) is 18.3 Å². The van der Waals surface area contributed by atoms with Gasteiger partial charge in [0.15, 0.2) is 0 Å². The highest BCUT2D eigenvalue weighted by molar-refractivity contribution is 6.62. The predicted molar refractivity (Wildman–Crippen MR) is 81.6 cm³/mol. The maximum Gasteiger partial charge on any atom is 0.494 e. The van der Waals surface area contributed by atoms with E-state index < -0.39 is 0 Å². The molecule has 0 spiro atoms. The Labute approximate surface area is 126 Å². The van der Waals surface area contributed by atoms with Gasteiger partial charge in [-0.3, -0.25) is 0 Å². The largest absolute Gasteiger partial charge is 0.494 e. The van der Waals surface area contributed by atoms with Gasteiger partial charge in [0.25, 0.3) is 0 Å². The third-order valence-electron chi connectivity index (χ3n) is 4.48. The van der Waals surface area contributed by atoms with Crippen molar-refractivity contribution in [1.29, 1.82) is 0 Å². The van der Waals surface area contributed by atoms with Crippen LogP contribution in [-0.4, -0.2) is 37.6 Å². The minimum atomic E-state index is -0.302. The predicted octanol–water partition coefficient (Wildman–Crippen LogP) is 1.90. The van der Waals surface area contributed by atoms with Gasteiger partial charge in [-0.25, -0.2) is 0 Å². The lowest BCUT2D eigenvalue weighted by molar-refractivity contribution is 0.00578. The topological polar surface area (TPSA) is 40.2 Å². The second-order valence-corrected chi connectivity index (χ2v) is 6.80. The minimum absolute atomic E-state index is 0.301. The first-order chi connectivity index (χ1) is 9.87. The van der Waals surface area contributed by atoms with Crippen molar-refractivity contribution >= 4 is 12.6 Å². The zero-order chi connectivity index (χ0) is 15.1. The van der Waals surface area contributed by atoms with Crippen LogP contribution in [0.15, 0.2) is 24.3 Å². The molecule has 2 fully saturated rings. The molecule has 1 aromatic carbocycles. The zero-order valence-electron chi connectivity index (χ0n) is 13.2. The molecule has 2 aliphatic rings. The van der Waals surface area contributed by atoms with Crippen LogP contribution in [-0.2, 0) is 25.4 Å². The molecule has 0 radical (unpaired) electrons. The molecule has 1 unspecified atom stereocenters. The highest BCUT2D eigenvalue weighted by Crippen LogP contribution is 2.36. The zero-order valence-corrected chi connectivity index (χ0v) is 13.2. The van der Waals surface area contributed by atoms with Crippen molar-refractivity contribution in [2.45, 2.75) is 51.6 Å². The van der Waals surface area contributed by atoms with E-state index in [0.717, 1.165) is 17.6 Å². The van der Waals surface area contributed by atoms with Crippen LogP contribution in [0.5, 0.6) is 0 Å². The Morgan fingerprint density at radius 3 is 2.19 bits per heavy atom. The average Bonchev–Trinajstić information content (AvgIpc) is 3.18. The van der Waals surface area contributed by atoms with Crippen molar-refractivity contribution in [1.82, 2.24) is 0 Å². The fraction of sp³-hybridized carbons (Fsp3) is 0.625. The third-order valence-corrected chi connectivity index (χ3v) is 4.48. The summed E-state index contributed by atoms with van der Waals surface area (Å²) in [7, 11) is -0.301. The van der Waals surface area contributed by atoms with E-state index in [1.807, 2.05) is 0 Å².